The molecule has 0 aromatic heterocycles. The lowest BCUT2D eigenvalue weighted by atomic mass is 9.64. The van der Waals surface area contributed by atoms with Crippen LogP contribution in [0.3, 0.4) is 0 Å². The van der Waals surface area contributed by atoms with Crippen LogP contribution in [0.25, 0.3) is 10.4 Å². The fourth-order valence-corrected chi connectivity index (χ4v) is 3.96. The maximum Gasteiger partial charge on any atom is 0.312 e. The number of carbonyl (C=O) groups is 1. The molecule has 6 heteroatoms. The van der Waals surface area contributed by atoms with E-state index in [9.17, 15) is 9.90 Å². The number of rotatable bonds is 1. The molecule has 0 bridgehead atoms. The molecule has 0 unspecified atom stereocenters. The average Bonchev–Trinajstić information content (AvgIpc) is 2.70. The highest BCUT2D eigenvalue weighted by molar-refractivity contribution is 5.78. The minimum absolute atomic E-state index is 0.101. The molecule has 0 radical (unpaired) electrons. The maximum atomic E-state index is 11.9. The van der Waals surface area contributed by atoms with Gasteiger partial charge < -0.3 is 9.84 Å². The van der Waals surface area contributed by atoms with Gasteiger partial charge in [-0.3, -0.25) is 4.79 Å². The van der Waals surface area contributed by atoms with E-state index >= 15 is 0 Å². The quantitative estimate of drug-likeness (QED) is 0.323. The Morgan fingerprint density at radius 2 is 2.35 bits per heavy atom. The van der Waals surface area contributed by atoms with Crippen LogP contribution in [0.5, 0.6) is 0 Å². The van der Waals surface area contributed by atoms with Gasteiger partial charge in [-0.25, -0.2) is 0 Å². The molecule has 0 amide bonds. The molecule has 1 saturated heterocycles. The zero-order valence-corrected chi connectivity index (χ0v) is 9.61. The Bertz CT molecular complexity index is 420. The molecule has 17 heavy (non-hydrogen) atoms. The van der Waals surface area contributed by atoms with Crippen molar-refractivity contribution >= 4 is 5.97 Å². The van der Waals surface area contributed by atoms with Gasteiger partial charge in [0, 0.05) is 4.91 Å². The van der Waals surface area contributed by atoms with Crippen molar-refractivity contribution in [2.24, 2.45) is 22.9 Å². The molecule has 0 aromatic carbocycles. The van der Waals surface area contributed by atoms with Crippen molar-refractivity contribution < 1.29 is 14.6 Å². The van der Waals surface area contributed by atoms with E-state index in [2.05, 4.69) is 10.0 Å². The third-order valence-electron chi connectivity index (χ3n) is 4.72. The Morgan fingerprint density at radius 3 is 3.06 bits per heavy atom. The van der Waals surface area contributed by atoms with Gasteiger partial charge in [0.1, 0.15) is 11.7 Å². The van der Waals surface area contributed by atoms with Crippen molar-refractivity contribution in [3.63, 3.8) is 0 Å². The number of azide groups is 1. The summed E-state index contributed by atoms with van der Waals surface area (Å²) in [5.74, 6) is -0.847. The number of nitrogens with zero attached hydrogens (tertiary/aromatic N) is 3. The number of hydrogen-bond acceptors (Lipinski definition) is 4. The SMILES string of the molecule is C[C@H]1C[C@H]2CC[C@H]3OC(=O)[C@@H]([C@@H]1N=[N+]=[N-])[C@@]23O. The molecular weight excluding hydrogens is 222 g/mol. The van der Waals surface area contributed by atoms with E-state index in [1.54, 1.807) is 0 Å². The molecule has 1 heterocycles. The van der Waals surface area contributed by atoms with E-state index in [1.807, 2.05) is 6.92 Å². The topological polar surface area (TPSA) is 95.3 Å². The van der Waals surface area contributed by atoms with E-state index in [0.29, 0.717) is 0 Å². The van der Waals surface area contributed by atoms with E-state index in [-0.39, 0.29) is 11.8 Å². The Labute approximate surface area is 98.6 Å². The average molecular weight is 237 g/mol. The number of carbonyl (C=O) groups excluding carboxylic acids is 1. The van der Waals surface area contributed by atoms with Crippen molar-refractivity contribution in [3.8, 4) is 0 Å². The summed E-state index contributed by atoms with van der Waals surface area (Å²) >= 11 is 0. The molecule has 6 nitrogen and oxygen atoms in total. The van der Waals surface area contributed by atoms with Gasteiger partial charge in [0.2, 0.25) is 0 Å². The summed E-state index contributed by atoms with van der Waals surface area (Å²) in [4.78, 5) is 14.7. The summed E-state index contributed by atoms with van der Waals surface area (Å²) in [7, 11) is 0. The lowest BCUT2D eigenvalue weighted by Crippen LogP contribution is -2.55. The van der Waals surface area contributed by atoms with Gasteiger partial charge in [0.05, 0.1) is 12.0 Å². The summed E-state index contributed by atoms with van der Waals surface area (Å²) in [6.07, 6.45) is 2.01. The van der Waals surface area contributed by atoms with Crippen LogP contribution in [0.1, 0.15) is 26.2 Å². The van der Waals surface area contributed by atoms with Crippen LogP contribution in [0.4, 0.5) is 0 Å². The van der Waals surface area contributed by atoms with Crippen LogP contribution in [0.15, 0.2) is 5.11 Å². The molecule has 6 atom stereocenters. The van der Waals surface area contributed by atoms with Crippen LogP contribution in [0, 0.1) is 17.8 Å². The Morgan fingerprint density at radius 1 is 1.59 bits per heavy atom. The van der Waals surface area contributed by atoms with Crippen LogP contribution in [-0.2, 0) is 9.53 Å². The highest BCUT2D eigenvalue weighted by Crippen LogP contribution is 2.56. The number of esters is 1. The van der Waals surface area contributed by atoms with Crippen molar-refractivity contribution in [1.29, 1.82) is 0 Å². The summed E-state index contributed by atoms with van der Waals surface area (Å²) in [5, 5.41) is 14.5. The van der Waals surface area contributed by atoms with E-state index in [4.69, 9.17) is 10.3 Å². The first-order chi connectivity index (χ1) is 8.09. The first-order valence-electron chi connectivity index (χ1n) is 6.06. The Balaban J connectivity index is 2.06. The summed E-state index contributed by atoms with van der Waals surface area (Å²) in [6.45, 7) is 1.97. The third-order valence-corrected chi connectivity index (χ3v) is 4.72. The highest BCUT2D eigenvalue weighted by atomic mass is 16.6. The zero-order valence-electron chi connectivity index (χ0n) is 9.61. The van der Waals surface area contributed by atoms with Crippen LogP contribution in [0.2, 0.25) is 0 Å². The predicted molar refractivity (Wildman–Crippen MR) is 57.8 cm³/mol. The van der Waals surface area contributed by atoms with Gasteiger partial charge in [-0.1, -0.05) is 12.0 Å². The molecule has 2 aliphatic carbocycles. The van der Waals surface area contributed by atoms with Crippen molar-refractivity contribution in [2.45, 2.75) is 43.9 Å². The summed E-state index contributed by atoms with van der Waals surface area (Å²) in [6, 6.07) is -0.475. The minimum atomic E-state index is -1.09. The second-order valence-electron chi connectivity index (χ2n) is 5.47. The van der Waals surface area contributed by atoms with E-state index in [0.717, 1.165) is 19.3 Å². The van der Waals surface area contributed by atoms with Crippen LogP contribution >= 0.6 is 0 Å². The van der Waals surface area contributed by atoms with Gasteiger partial charge in [0.25, 0.3) is 0 Å². The van der Waals surface area contributed by atoms with Crippen LogP contribution < -0.4 is 0 Å². The largest absolute Gasteiger partial charge is 0.459 e. The first-order valence-corrected chi connectivity index (χ1v) is 6.06. The second kappa shape index (κ2) is 3.37. The number of aliphatic hydroxyl groups is 1. The fraction of sp³-hybridized carbons (Fsp3) is 0.909. The molecular formula is C11H15N3O3. The lowest BCUT2D eigenvalue weighted by Gasteiger charge is -2.43. The standard InChI is InChI=1S/C11H15N3O3/c1-5-4-6-2-3-7-11(6,16)8(10(15)17-7)9(5)13-14-12/h5-9,16H,2-4H2,1H3/t5-,6+,7+,8+,9+,11+/m0/s1. The van der Waals surface area contributed by atoms with E-state index < -0.39 is 29.6 Å². The van der Waals surface area contributed by atoms with Crippen molar-refractivity contribution in [3.05, 3.63) is 10.4 Å². The number of ether oxygens (including phenoxy) is 1. The molecule has 2 saturated carbocycles. The van der Waals surface area contributed by atoms with Crippen molar-refractivity contribution in [2.75, 3.05) is 0 Å². The highest BCUT2D eigenvalue weighted by Gasteiger charge is 2.68. The first kappa shape index (κ1) is 10.9. The predicted octanol–water partition coefficient (Wildman–Crippen LogP) is 1.39. The van der Waals surface area contributed by atoms with Gasteiger partial charge >= 0.3 is 5.97 Å². The monoisotopic (exact) mass is 237 g/mol. The van der Waals surface area contributed by atoms with Gasteiger partial charge in [-0.15, -0.1) is 0 Å². The summed E-state index contributed by atoms with van der Waals surface area (Å²) in [5.41, 5.74) is 7.50. The minimum Gasteiger partial charge on any atom is -0.459 e. The molecule has 0 spiro atoms. The second-order valence-corrected chi connectivity index (χ2v) is 5.47. The normalized spacial score (nSPS) is 51.6. The third kappa shape index (κ3) is 1.20. The molecule has 3 rings (SSSR count). The molecule has 1 N–H and O–H groups in total. The van der Waals surface area contributed by atoms with Gasteiger partial charge in [-0.05, 0) is 36.6 Å². The lowest BCUT2D eigenvalue weighted by molar-refractivity contribution is -0.146. The van der Waals surface area contributed by atoms with Crippen molar-refractivity contribution in [1.82, 2.24) is 0 Å². The Hall–Kier alpha value is -1.26. The maximum absolute atomic E-state index is 11.9. The van der Waals surface area contributed by atoms with Gasteiger partial charge in [-0.2, -0.15) is 0 Å². The van der Waals surface area contributed by atoms with E-state index in [1.165, 1.54) is 0 Å². The Kier molecular flexibility index (Phi) is 2.15. The zero-order chi connectivity index (χ0) is 12.2. The molecule has 3 fully saturated rings. The fourth-order valence-electron chi connectivity index (χ4n) is 3.96. The smallest absolute Gasteiger partial charge is 0.312 e. The molecule has 92 valence electrons. The number of hydrogen-bond donors (Lipinski definition) is 1. The van der Waals surface area contributed by atoms with Crippen LogP contribution in [-0.4, -0.2) is 28.8 Å². The molecule has 3 aliphatic rings. The molecule has 0 aromatic rings. The summed E-state index contributed by atoms with van der Waals surface area (Å²) < 4.78 is 5.25. The van der Waals surface area contributed by atoms with Gasteiger partial charge in [0.15, 0.2) is 0 Å². The molecule has 1 aliphatic heterocycles.